The molecule has 0 unspecified atom stereocenters. The summed E-state index contributed by atoms with van der Waals surface area (Å²) in [4.78, 5) is 14.0. The maximum absolute atomic E-state index is 11.9. The number of carbonyl (C=O) groups is 1. The Morgan fingerprint density at radius 2 is 2.22 bits per heavy atom. The molecule has 1 aromatic rings. The first-order valence-corrected chi connectivity index (χ1v) is 6.25. The van der Waals surface area contributed by atoms with Gasteiger partial charge in [0, 0.05) is 13.0 Å². The van der Waals surface area contributed by atoms with Crippen LogP contribution < -0.4 is 9.47 Å². The van der Waals surface area contributed by atoms with Gasteiger partial charge in [-0.3, -0.25) is 4.79 Å². The second kappa shape index (κ2) is 5.87. The number of rotatable bonds is 5. The van der Waals surface area contributed by atoms with Crippen molar-refractivity contribution < 1.29 is 14.3 Å². The van der Waals surface area contributed by atoms with E-state index in [4.69, 9.17) is 9.47 Å². The number of hydrogen-bond donors (Lipinski definition) is 0. The summed E-state index contributed by atoms with van der Waals surface area (Å²) in [6.45, 7) is 2.05. The molecule has 1 aliphatic rings. The topological polar surface area (TPSA) is 38.8 Å². The van der Waals surface area contributed by atoms with Gasteiger partial charge in [-0.1, -0.05) is 6.07 Å². The van der Waals surface area contributed by atoms with Gasteiger partial charge in [0.2, 0.25) is 0 Å². The molecule has 2 rings (SSSR count). The average Bonchev–Trinajstić information content (AvgIpc) is 2.34. The van der Waals surface area contributed by atoms with Crippen molar-refractivity contribution in [3.8, 4) is 11.5 Å². The van der Waals surface area contributed by atoms with Gasteiger partial charge in [-0.25, -0.2) is 0 Å². The maximum atomic E-state index is 11.9. The van der Waals surface area contributed by atoms with Crippen LogP contribution in [0.2, 0.25) is 0 Å². The van der Waals surface area contributed by atoms with Crippen molar-refractivity contribution in [3.05, 3.63) is 23.8 Å². The molecule has 0 atom stereocenters. The second-order valence-electron chi connectivity index (χ2n) is 4.66. The lowest BCUT2D eigenvalue weighted by Gasteiger charge is -2.19. The van der Waals surface area contributed by atoms with Crippen LogP contribution in [0.1, 0.15) is 23.2 Å². The lowest BCUT2D eigenvalue weighted by molar-refractivity contribution is 0.0927. The molecule has 0 N–H and O–H groups in total. The first-order valence-electron chi connectivity index (χ1n) is 6.25. The summed E-state index contributed by atoms with van der Waals surface area (Å²) in [5, 5.41) is 0. The van der Waals surface area contributed by atoms with Crippen LogP contribution in [0.3, 0.4) is 0 Å². The zero-order valence-corrected chi connectivity index (χ0v) is 10.9. The first-order chi connectivity index (χ1) is 8.68. The van der Waals surface area contributed by atoms with Crippen LogP contribution in [-0.4, -0.2) is 44.5 Å². The van der Waals surface area contributed by atoms with E-state index < -0.39 is 0 Å². The van der Waals surface area contributed by atoms with Crippen molar-refractivity contribution in [1.29, 1.82) is 0 Å². The number of fused-ring (bicyclic) bond motifs is 1. The Morgan fingerprint density at radius 3 is 3.00 bits per heavy atom. The molecule has 0 radical (unpaired) electrons. The summed E-state index contributed by atoms with van der Waals surface area (Å²) in [5.74, 6) is 1.41. The summed E-state index contributed by atoms with van der Waals surface area (Å²) in [7, 11) is 4.06. The molecule has 98 valence electrons. The second-order valence-corrected chi connectivity index (χ2v) is 4.66. The molecule has 1 aromatic carbocycles. The number of ketones is 1. The molecule has 0 spiro atoms. The van der Waals surface area contributed by atoms with Gasteiger partial charge in [-0.2, -0.15) is 0 Å². The summed E-state index contributed by atoms with van der Waals surface area (Å²) >= 11 is 0. The molecule has 1 heterocycles. The predicted octanol–water partition coefficient (Wildman–Crippen LogP) is 1.98. The number of benzene rings is 1. The molecule has 4 nitrogen and oxygen atoms in total. The molecule has 0 saturated carbocycles. The minimum Gasteiger partial charge on any atom is -0.493 e. The minimum absolute atomic E-state index is 0.111. The number of nitrogens with zero attached hydrogens (tertiary/aromatic N) is 1. The quantitative estimate of drug-likeness (QED) is 0.748. The molecule has 0 aliphatic carbocycles. The van der Waals surface area contributed by atoms with E-state index in [9.17, 15) is 4.79 Å². The number of Topliss-reactive ketones (excluding diaryl/α,β-unsaturated/α-hetero) is 1. The van der Waals surface area contributed by atoms with Gasteiger partial charge in [0.15, 0.2) is 5.78 Å². The van der Waals surface area contributed by atoms with E-state index >= 15 is 0 Å². The van der Waals surface area contributed by atoms with Crippen molar-refractivity contribution in [3.63, 3.8) is 0 Å². The highest BCUT2D eigenvalue weighted by Gasteiger charge is 2.22. The van der Waals surface area contributed by atoms with E-state index in [-0.39, 0.29) is 5.78 Å². The predicted molar refractivity (Wildman–Crippen MR) is 69.6 cm³/mol. The Kier molecular flexibility index (Phi) is 4.20. The van der Waals surface area contributed by atoms with E-state index in [2.05, 4.69) is 4.90 Å². The number of ether oxygens (including phenoxy) is 2. The lowest BCUT2D eigenvalue weighted by atomic mass is 10.0. The smallest absolute Gasteiger partial charge is 0.173 e. The van der Waals surface area contributed by atoms with Gasteiger partial charge in [-0.15, -0.1) is 0 Å². The monoisotopic (exact) mass is 249 g/mol. The average molecular weight is 249 g/mol. The molecule has 0 fully saturated rings. The van der Waals surface area contributed by atoms with E-state index in [1.165, 1.54) is 0 Å². The fourth-order valence-electron chi connectivity index (χ4n) is 1.97. The molecule has 0 aromatic heterocycles. The van der Waals surface area contributed by atoms with Crippen LogP contribution in [0.5, 0.6) is 11.5 Å². The Labute approximate surface area is 107 Å². The Balaban J connectivity index is 2.02. The van der Waals surface area contributed by atoms with Gasteiger partial charge in [0.1, 0.15) is 17.1 Å². The summed E-state index contributed by atoms with van der Waals surface area (Å²) in [6, 6.07) is 5.51. The Bertz CT molecular complexity index is 429. The van der Waals surface area contributed by atoms with E-state index in [0.29, 0.717) is 36.7 Å². The minimum atomic E-state index is 0.111. The summed E-state index contributed by atoms with van der Waals surface area (Å²) in [6.07, 6.45) is 1.37. The van der Waals surface area contributed by atoms with Crippen LogP contribution in [-0.2, 0) is 0 Å². The van der Waals surface area contributed by atoms with Crippen LogP contribution in [0, 0.1) is 0 Å². The molecular weight excluding hydrogens is 230 g/mol. The van der Waals surface area contributed by atoms with Gasteiger partial charge < -0.3 is 14.4 Å². The van der Waals surface area contributed by atoms with Gasteiger partial charge in [-0.05, 0) is 32.6 Å². The number of carbonyl (C=O) groups excluding carboxylic acids is 1. The highest BCUT2D eigenvalue weighted by atomic mass is 16.5. The lowest BCUT2D eigenvalue weighted by Crippen LogP contribution is -2.18. The largest absolute Gasteiger partial charge is 0.493 e. The van der Waals surface area contributed by atoms with Crippen molar-refractivity contribution in [2.45, 2.75) is 12.8 Å². The Morgan fingerprint density at radius 1 is 1.39 bits per heavy atom. The third kappa shape index (κ3) is 3.01. The molecule has 0 amide bonds. The highest BCUT2D eigenvalue weighted by molar-refractivity contribution is 6.02. The van der Waals surface area contributed by atoms with E-state index in [1.807, 2.05) is 32.3 Å². The molecule has 0 saturated heterocycles. The van der Waals surface area contributed by atoms with E-state index in [1.54, 1.807) is 0 Å². The molecule has 0 bridgehead atoms. The van der Waals surface area contributed by atoms with Gasteiger partial charge in [0.25, 0.3) is 0 Å². The number of hydrogen-bond acceptors (Lipinski definition) is 4. The molecular formula is C14H19NO3. The molecule has 18 heavy (non-hydrogen) atoms. The molecule has 4 heteroatoms. The van der Waals surface area contributed by atoms with Crippen LogP contribution in [0.25, 0.3) is 0 Å². The van der Waals surface area contributed by atoms with Crippen LogP contribution in [0.4, 0.5) is 0 Å². The van der Waals surface area contributed by atoms with Crippen molar-refractivity contribution in [2.75, 3.05) is 33.9 Å². The SMILES string of the molecule is CN(C)CCCOc1cccc2c1C(=O)CCO2. The van der Waals surface area contributed by atoms with Gasteiger partial charge in [0.05, 0.1) is 13.2 Å². The van der Waals surface area contributed by atoms with Crippen molar-refractivity contribution >= 4 is 5.78 Å². The normalized spacial score (nSPS) is 14.3. The zero-order valence-electron chi connectivity index (χ0n) is 10.9. The third-order valence-corrected chi connectivity index (χ3v) is 2.86. The standard InChI is InChI=1S/C14H19NO3/c1-15(2)8-4-9-17-12-5-3-6-13-14(12)11(16)7-10-18-13/h3,5-6H,4,7-10H2,1-2H3. The fraction of sp³-hybridized carbons (Fsp3) is 0.500. The zero-order chi connectivity index (χ0) is 13.0. The summed E-state index contributed by atoms with van der Waals surface area (Å²) in [5.41, 5.74) is 0.605. The van der Waals surface area contributed by atoms with Crippen LogP contribution in [0.15, 0.2) is 18.2 Å². The highest BCUT2D eigenvalue weighted by Crippen LogP contribution is 2.32. The van der Waals surface area contributed by atoms with Gasteiger partial charge >= 0.3 is 0 Å². The Hall–Kier alpha value is -1.55. The summed E-state index contributed by atoms with van der Waals surface area (Å²) < 4.78 is 11.2. The van der Waals surface area contributed by atoms with Crippen molar-refractivity contribution in [2.24, 2.45) is 0 Å². The molecule has 1 aliphatic heterocycles. The fourth-order valence-corrected chi connectivity index (χ4v) is 1.97. The third-order valence-electron chi connectivity index (χ3n) is 2.86. The first kappa shape index (κ1) is 12.9. The van der Waals surface area contributed by atoms with E-state index in [0.717, 1.165) is 13.0 Å². The van der Waals surface area contributed by atoms with Crippen LogP contribution >= 0.6 is 0 Å². The maximum Gasteiger partial charge on any atom is 0.173 e. The van der Waals surface area contributed by atoms with Crippen molar-refractivity contribution in [1.82, 2.24) is 4.90 Å².